The van der Waals surface area contributed by atoms with Gasteiger partial charge in [0.05, 0.1) is 4.92 Å². The van der Waals surface area contributed by atoms with E-state index < -0.39 is 4.92 Å². The largest absolute Gasteiger partial charge is 0.452 e. The van der Waals surface area contributed by atoms with Crippen LogP contribution in [0.3, 0.4) is 0 Å². The van der Waals surface area contributed by atoms with Gasteiger partial charge in [0.2, 0.25) is 0 Å². The molecule has 0 radical (unpaired) electrons. The Morgan fingerprint density at radius 3 is 2.62 bits per heavy atom. The van der Waals surface area contributed by atoms with E-state index >= 15 is 0 Å². The van der Waals surface area contributed by atoms with Crippen molar-refractivity contribution < 1.29 is 14.1 Å². The Morgan fingerprint density at radius 2 is 2.12 bits per heavy atom. The highest BCUT2D eigenvalue weighted by Crippen LogP contribution is 2.21. The minimum absolute atomic E-state index is 0.0917. The lowest BCUT2D eigenvalue weighted by Gasteiger charge is -1.94. The van der Waals surface area contributed by atoms with Crippen molar-refractivity contribution in [1.29, 1.82) is 0 Å². The smallest absolute Gasteiger partial charge is 0.287 e. The number of aldehydes is 1. The Labute approximate surface area is 89.7 Å². The Hall–Kier alpha value is -2.50. The molecule has 0 aliphatic carbocycles. The number of nitrogens with zero attached hydrogens (tertiary/aromatic N) is 2. The van der Waals surface area contributed by atoms with Crippen molar-refractivity contribution in [3.05, 3.63) is 46.3 Å². The lowest BCUT2D eigenvalue weighted by molar-refractivity contribution is -0.385. The van der Waals surface area contributed by atoms with Crippen LogP contribution in [-0.2, 0) is 0 Å². The van der Waals surface area contributed by atoms with Crippen LogP contribution in [0.2, 0.25) is 0 Å². The molecule has 0 unspecified atom stereocenters. The van der Waals surface area contributed by atoms with Gasteiger partial charge in [0, 0.05) is 6.07 Å². The molecule has 0 bridgehead atoms. The summed E-state index contributed by atoms with van der Waals surface area (Å²) >= 11 is 0. The average molecular weight is 218 g/mol. The predicted molar refractivity (Wildman–Crippen MR) is 54.0 cm³/mol. The molecule has 0 aromatic carbocycles. The molecule has 2 aromatic heterocycles. The fraction of sp³-hybridized carbons (Fsp3) is 0. The van der Waals surface area contributed by atoms with E-state index in [0.717, 1.165) is 6.20 Å². The molecule has 2 rings (SSSR count). The quantitative estimate of drug-likeness (QED) is 0.447. The van der Waals surface area contributed by atoms with Gasteiger partial charge in [-0.3, -0.25) is 14.9 Å². The van der Waals surface area contributed by atoms with Crippen molar-refractivity contribution in [2.45, 2.75) is 0 Å². The van der Waals surface area contributed by atoms with Crippen molar-refractivity contribution >= 4 is 12.0 Å². The van der Waals surface area contributed by atoms with Crippen molar-refractivity contribution in [1.82, 2.24) is 4.98 Å². The van der Waals surface area contributed by atoms with Gasteiger partial charge < -0.3 is 4.42 Å². The molecule has 80 valence electrons. The fourth-order valence-electron chi connectivity index (χ4n) is 1.19. The minimum Gasteiger partial charge on any atom is -0.452 e. The van der Waals surface area contributed by atoms with Gasteiger partial charge in [-0.05, 0) is 18.2 Å². The number of furan rings is 1. The molecule has 0 atom stereocenters. The zero-order chi connectivity index (χ0) is 11.5. The topological polar surface area (TPSA) is 86.2 Å². The van der Waals surface area contributed by atoms with Crippen molar-refractivity contribution in [2.24, 2.45) is 0 Å². The molecular weight excluding hydrogens is 212 g/mol. The zero-order valence-corrected chi connectivity index (χ0v) is 7.99. The zero-order valence-electron chi connectivity index (χ0n) is 7.99. The second kappa shape index (κ2) is 3.93. The first kappa shape index (κ1) is 10.0. The molecule has 2 heterocycles. The molecule has 0 saturated carbocycles. The first-order valence-corrected chi connectivity index (χ1v) is 4.36. The standard InChI is InChI=1S/C10H6N2O4/c13-6-8-2-4-10(16-8)9-3-1-7(5-11-9)12(14)15/h1-6H. The van der Waals surface area contributed by atoms with E-state index in [-0.39, 0.29) is 11.4 Å². The molecular formula is C10H6N2O4. The number of carbonyl (C=O) groups excluding carboxylic acids is 1. The summed E-state index contributed by atoms with van der Waals surface area (Å²) in [5.74, 6) is 0.590. The Bertz CT molecular complexity index is 530. The molecule has 2 aromatic rings. The SMILES string of the molecule is O=Cc1ccc(-c2ccc([N+](=O)[O-])cn2)o1. The molecule has 6 heteroatoms. The fourth-order valence-corrected chi connectivity index (χ4v) is 1.19. The summed E-state index contributed by atoms with van der Waals surface area (Å²) in [7, 11) is 0. The van der Waals surface area contributed by atoms with E-state index in [0.29, 0.717) is 17.7 Å². The monoisotopic (exact) mass is 218 g/mol. The lowest BCUT2D eigenvalue weighted by Crippen LogP contribution is -1.89. The first-order valence-electron chi connectivity index (χ1n) is 4.36. The van der Waals surface area contributed by atoms with Crippen molar-refractivity contribution in [3.63, 3.8) is 0 Å². The summed E-state index contributed by atoms with van der Waals surface area (Å²) in [5.41, 5.74) is 0.351. The van der Waals surface area contributed by atoms with Crippen molar-refractivity contribution in [3.8, 4) is 11.5 Å². The number of rotatable bonds is 3. The van der Waals surface area contributed by atoms with Crippen LogP contribution in [-0.4, -0.2) is 16.2 Å². The number of aromatic nitrogens is 1. The van der Waals surface area contributed by atoms with Crippen LogP contribution in [0.15, 0.2) is 34.9 Å². The first-order chi connectivity index (χ1) is 7.70. The van der Waals surface area contributed by atoms with E-state index in [1.165, 1.54) is 18.2 Å². The van der Waals surface area contributed by atoms with Crippen LogP contribution >= 0.6 is 0 Å². The van der Waals surface area contributed by atoms with Gasteiger partial charge in [-0.2, -0.15) is 0 Å². The van der Waals surface area contributed by atoms with Gasteiger partial charge in [0.25, 0.3) is 5.69 Å². The molecule has 0 aliphatic rings. The van der Waals surface area contributed by atoms with Crippen LogP contribution in [0.25, 0.3) is 11.5 Å². The summed E-state index contributed by atoms with van der Waals surface area (Å²) in [6.07, 6.45) is 1.72. The summed E-state index contributed by atoms with van der Waals surface area (Å²) in [6, 6.07) is 5.88. The van der Waals surface area contributed by atoms with Crippen LogP contribution in [0.5, 0.6) is 0 Å². The summed E-state index contributed by atoms with van der Waals surface area (Å²) in [6.45, 7) is 0. The molecule has 6 nitrogen and oxygen atoms in total. The lowest BCUT2D eigenvalue weighted by atomic mass is 10.3. The normalized spacial score (nSPS) is 10.0. The van der Waals surface area contributed by atoms with E-state index in [9.17, 15) is 14.9 Å². The van der Waals surface area contributed by atoms with Crippen LogP contribution in [0, 0.1) is 10.1 Å². The third-order valence-electron chi connectivity index (χ3n) is 1.95. The number of nitro groups is 1. The summed E-state index contributed by atoms with van der Waals surface area (Å²) in [4.78, 5) is 24.1. The average Bonchev–Trinajstić information content (AvgIpc) is 2.77. The molecule has 0 fully saturated rings. The number of pyridine rings is 1. The Balaban J connectivity index is 2.34. The number of hydrogen-bond acceptors (Lipinski definition) is 5. The highest BCUT2D eigenvalue weighted by molar-refractivity contribution is 5.72. The third-order valence-corrected chi connectivity index (χ3v) is 1.95. The van der Waals surface area contributed by atoms with Gasteiger partial charge in [0.15, 0.2) is 17.8 Å². The predicted octanol–water partition coefficient (Wildman–Crippen LogP) is 2.06. The van der Waals surface area contributed by atoms with Gasteiger partial charge in [-0.25, -0.2) is 4.98 Å². The summed E-state index contributed by atoms with van der Waals surface area (Å²) < 4.78 is 5.12. The van der Waals surface area contributed by atoms with Gasteiger partial charge >= 0.3 is 0 Å². The van der Waals surface area contributed by atoms with Crippen LogP contribution in [0.1, 0.15) is 10.6 Å². The van der Waals surface area contributed by atoms with Gasteiger partial charge in [-0.1, -0.05) is 0 Å². The molecule has 0 spiro atoms. The maximum absolute atomic E-state index is 10.4. The van der Waals surface area contributed by atoms with Crippen molar-refractivity contribution in [2.75, 3.05) is 0 Å². The highest BCUT2D eigenvalue weighted by atomic mass is 16.6. The second-order valence-electron chi connectivity index (χ2n) is 2.98. The van der Waals surface area contributed by atoms with Crippen LogP contribution < -0.4 is 0 Å². The highest BCUT2D eigenvalue weighted by Gasteiger charge is 2.09. The summed E-state index contributed by atoms with van der Waals surface area (Å²) in [5, 5.41) is 10.4. The maximum Gasteiger partial charge on any atom is 0.287 e. The molecule has 16 heavy (non-hydrogen) atoms. The molecule has 0 saturated heterocycles. The van der Waals surface area contributed by atoms with Gasteiger partial charge in [-0.15, -0.1) is 0 Å². The maximum atomic E-state index is 10.4. The van der Waals surface area contributed by atoms with Gasteiger partial charge in [0.1, 0.15) is 11.9 Å². The van der Waals surface area contributed by atoms with E-state index in [4.69, 9.17) is 4.42 Å². The molecule has 0 amide bonds. The molecule has 0 N–H and O–H groups in total. The minimum atomic E-state index is -0.532. The van der Waals surface area contributed by atoms with E-state index in [1.807, 2.05) is 0 Å². The second-order valence-corrected chi connectivity index (χ2v) is 2.98. The number of carbonyl (C=O) groups is 1. The van der Waals surface area contributed by atoms with Crippen LogP contribution in [0.4, 0.5) is 5.69 Å². The Kier molecular flexibility index (Phi) is 2.47. The molecule has 0 aliphatic heterocycles. The third kappa shape index (κ3) is 1.81. The number of hydrogen-bond donors (Lipinski definition) is 0. The van der Waals surface area contributed by atoms with E-state index in [1.54, 1.807) is 6.07 Å². The Morgan fingerprint density at radius 1 is 1.31 bits per heavy atom. The van der Waals surface area contributed by atoms with E-state index in [2.05, 4.69) is 4.98 Å².